The van der Waals surface area contributed by atoms with Gasteiger partial charge in [-0.05, 0) is 99.0 Å². The van der Waals surface area contributed by atoms with Gasteiger partial charge in [0.05, 0.1) is 31.8 Å². The number of Topliss-reactive ketones (excluding diaryl/α,β-unsaturated/α-hetero) is 3. The molecular formula is C52H64ClN5O10. The normalized spacial score (nSPS) is 24.2. The van der Waals surface area contributed by atoms with Crippen molar-refractivity contribution in [3.05, 3.63) is 106 Å². The number of ketones is 3. The van der Waals surface area contributed by atoms with Crippen LogP contribution in [0.2, 0.25) is 5.02 Å². The third-order valence-electron chi connectivity index (χ3n) is 13.6. The van der Waals surface area contributed by atoms with Crippen molar-refractivity contribution in [2.24, 2.45) is 23.5 Å². The minimum absolute atomic E-state index is 0.0319. The van der Waals surface area contributed by atoms with Gasteiger partial charge in [0.25, 0.3) is 0 Å². The number of allylic oxidation sites excluding steroid dienone is 2. The number of ether oxygens (including phenoxy) is 1. The fourth-order valence-electron chi connectivity index (χ4n) is 9.65. The highest BCUT2D eigenvalue weighted by Crippen LogP contribution is 2.38. The molecule has 2 aliphatic heterocycles. The molecule has 0 radical (unpaired) electrons. The fourth-order valence-corrected chi connectivity index (χ4v) is 9.78. The van der Waals surface area contributed by atoms with Crippen LogP contribution in [0.3, 0.4) is 0 Å². The van der Waals surface area contributed by atoms with Gasteiger partial charge in [-0.15, -0.1) is 0 Å². The minimum Gasteiger partial charge on any atom is -0.508 e. The average Bonchev–Trinajstić information content (AvgIpc) is 3.79. The number of carbonyl (C=O) groups is 7. The van der Waals surface area contributed by atoms with Crippen LogP contribution in [0.1, 0.15) is 88.4 Å². The van der Waals surface area contributed by atoms with Crippen molar-refractivity contribution >= 4 is 52.6 Å². The molecule has 4 aliphatic rings. The second-order valence-electron chi connectivity index (χ2n) is 18.5. The molecule has 1 saturated heterocycles. The van der Waals surface area contributed by atoms with Gasteiger partial charge >= 0.3 is 5.97 Å². The number of amides is 3. The lowest BCUT2D eigenvalue weighted by Crippen LogP contribution is -2.54. The van der Waals surface area contributed by atoms with Crippen molar-refractivity contribution in [1.29, 1.82) is 0 Å². The van der Waals surface area contributed by atoms with Crippen LogP contribution >= 0.6 is 11.6 Å². The smallest absolute Gasteiger partial charge is 0.323 e. The summed E-state index contributed by atoms with van der Waals surface area (Å²) >= 11 is 6.07. The van der Waals surface area contributed by atoms with Crippen LogP contribution in [0.5, 0.6) is 0 Å². The van der Waals surface area contributed by atoms with Crippen molar-refractivity contribution in [2.75, 3.05) is 33.8 Å². The zero-order valence-electron chi connectivity index (χ0n) is 39.2. The van der Waals surface area contributed by atoms with Crippen LogP contribution < -0.4 is 16.4 Å². The van der Waals surface area contributed by atoms with Gasteiger partial charge in [-0.2, -0.15) is 0 Å². The van der Waals surface area contributed by atoms with E-state index in [0.717, 1.165) is 11.1 Å². The van der Waals surface area contributed by atoms with Crippen molar-refractivity contribution in [2.45, 2.75) is 108 Å². The molecule has 4 bridgehead atoms. The Morgan fingerprint density at radius 3 is 2.38 bits per heavy atom. The number of nitrogens with zero attached hydrogens (tertiary/aromatic N) is 2. The molecule has 6 rings (SSSR count). The second kappa shape index (κ2) is 23.5. The first-order valence-corrected chi connectivity index (χ1v) is 23.9. The summed E-state index contributed by atoms with van der Waals surface area (Å²) in [6.45, 7) is 3.90. The number of rotatable bonds is 16. The van der Waals surface area contributed by atoms with Gasteiger partial charge in [-0.3, -0.25) is 38.5 Å². The maximum Gasteiger partial charge on any atom is 0.323 e. The Morgan fingerprint density at radius 2 is 1.71 bits per heavy atom. The van der Waals surface area contributed by atoms with E-state index in [1.807, 2.05) is 24.3 Å². The molecular weight excluding hydrogens is 890 g/mol. The lowest BCUT2D eigenvalue weighted by Gasteiger charge is -2.37. The van der Waals surface area contributed by atoms with Gasteiger partial charge in [0, 0.05) is 60.2 Å². The van der Waals surface area contributed by atoms with Crippen molar-refractivity contribution in [1.82, 2.24) is 20.4 Å². The lowest BCUT2D eigenvalue weighted by atomic mass is 9.77. The van der Waals surface area contributed by atoms with Gasteiger partial charge in [0.15, 0.2) is 17.3 Å². The number of nitrogens with two attached hydrogens (primary N) is 1. The molecule has 6 N–H and O–H groups in total. The highest BCUT2D eigenvalue weighted by Gasteiger charge is 2.41. The van der Waals surface area contributed by atoms with Crippen LogP contribution in [-0.4, -0.2) is 125 Å². The van der Waals surface area contributed by atoms with E-state index in [1.165, 1.54) is 32.1 Å². The fraction of sp³-hybridized carbons (Fsp3) is 0.481. The molecule has 15 nitrogen and oxygen atoms in total. The Balaban J connectivity index is 1.24. The number of fused-ring (bicyclic) bond motifs is 4. The van der Waals surface area contributed by atoms with Crippen LogP contribution in [0.25, 0.3) is 11.1 Å². The minimum atomic E-state index is -1.21. The number of unbranched alkanes of at least 4 members (excludes halogenated alkanes) is 1. The monoisotopic (exact) mass is 953 g/mol. The SMILES string of the molecule is COC(=O)[C@@H]1CCCN1CC(=O)[C@H](C)NC(=O)[C@@H]1CC2=CCC(O)C(=C2)C2=C(O)C=C[C@@H](C2)[C@H](N(C)C(=O)[C@H](CCCCN)CC(=O)c2ccc(-c3ccc(Cl)cc3)cc2)C(=O)C[C@@H](C)C(=O)N1. The van der Waals surface area contributed by atoms with Crippen LogP contribution in [0.4, 0.5) is 0 Å². The van der Waals surface area contributed by atoms with E-state index in [0.29, 0.717) is 72.5 Å². The molecule has 0 spiro atoms. The molecule has 3 amide bonds. The molecule has 2 aliphatic carbocycles. The Morgan fingerprint density at radius 1 is 1.01 bits per heavy atom. The largest absolute Gasteiger partial charge is 0.508 e. The molecule has 1 unspecified atom stereocenters. The summed E-state index contributed by atoms with van der Waals surface area (Å²) < 4.78 is 4.91. The Labute approximate surface area is 402 Å². The molecule has 2 aromatic carbocycles. The summed E-state index contributed by atoms with van der Waals surface area (Å²) in [5.41, 5.74) is 9.39. The first-order valence-electron chi connectivity index (χ1n) is 23.5. The average molecular weight is 955 g/mol. The Hall–Kier alpha value is -5.74. The zero-order chi connectivity index (χ0) is 49.2. The van der Waals surface area contributed by atoms with Crippen molar-refractivity contribution < 1.29 is 48.5 Å². The molecule has 0 aromatic heterocycles. The summed E-state index contributed by atoms with van der Waals surface area (Å²) in [5.74, 6) is -5.78. The number of likely N-dealkylation sites (N-methyl/N-ethyl adjacent to an activating group) is 1. The summed E-state index contributed by atoms with van der Waals surface area (Å²) in [7, 11) is 2.81. The number of esters is 1. The van der Waals surface area contributed by atoms with Gasteiger partial charge in [-0.1, -0.05) is 79.6 Å². The molecule has 364 valence electrons. The van der Waals surface area contributed by atoms with Crippen molar-refractivity contribution in [3.8, 4) is 11.1 Å². The van der Waals surface area contributed by atoms with E-state index in [-0.39, 0.29) is 56.0 Å². The van der Waals surface area contributed by atoms with Crippen LogP contribution in [-0.2, 0) is 33.5 Å². The first-order chi connectivity index (χ1) is 32.5. The zero-order valence-corrected chi connectivity index (χ0v) is 40.0. The van der Waals surface area contributed by atoms with E-state index in [1.54, 1.807) is 54.3 Å². The number of likely N-dealkylation sites (tertiary alicyclic amines) is 1. The molecule has 8 atom stereocenters. The Bertz CT molecular complexity index is 2360. The number of aliphatic hydroxyl groups excluding tert-OH is 2. The highest BCUT2D eigenvalue weighted by molar-refractivity contribution is 6.30. The number of benzene rings is 2. The summed E-state index contributed by atoms with van der Waals surface area (Å²) in [6, 6.07) is 10.5. The van der Waals surface area contributed by atoms with E-state index >= 15 is 0 Å². The molecule has 1 fully saturated rings. The van der Waals surface area contributed by atoms with Crippen molar-refractivity contribution in [3.63, 3.8) is 0 Å². The summed E-state index contributed by atoms with van der Waals surface area (Å²) in [6.07, 6.45) is 7.93. The third kappa shape index (κ3) is 12.7. The quantitative estimate of drug-likeness (QED) is 0.0816. The number of halogens is 1. The standard InChI is InChI=1S/C52H64ClN5O10/c1-30-24-46(62)48(57(3)51(66)37(8-5-6-22-54)28-45(61)35-13-11-33(12-14-35)34-15-18-38(53)19-16-34)36-17-21-44(60)40(27-36)39-25-32(10-20-43(39)59)26-41(56-49(30)64)50(65)55-31(2)47(63)29-58-23-7-9-42(58)52(67)68-4/h10-19,21,25,30-31,36-37,41-43,48,59-60H,5-9,20,22-24,26-29,54H2,1-4H3,(H,55,65)(H,56,64)/t30-,31+,36+,37-,41+,42+,43?,48+/m1/s1. The molecule has 2 aromatic rings. The Kier molecular flexibility index (Phi) is 17.9. The predicted molar refractivity (Wildman–Crippen MR) is 257 cm³/mol. The van der Waals surface area contributed by atoms with E-state index in [9.17, 15) is 43.8 Å². The van der Waals surface area contributed by atoms with Gasteiger partial charge < -0.3 is 36.2 Å². The highest BCUT2D eigenvalue weighted by atomic mass is 35.5. The number of hydrogen-bond donors (Lipinski definition) is 5. The maximum absolute atomic E-state index is 14.8. The van der Waals surface area contributed by atoms with E-state index < -0.39 is 77.5 Å². The van der Waals surface area contributed by atoms with Gasteiger partial charge in [-0.25, -0.2) is 0 Å². The van der Waals surface area contributed by atoms with Crippen LogP contribution in [0, 0.1) is 17.8 Å². The summed E-state index contributed by atoms with van der Waals surface area (Å²) in [5, 5.41) is 28.8. The molecule has 16 heteroatoms. The third-order valence-corrected chi connectivity index (χ3v) is 13.9. The van der Waals surface area contributed by atoms with Gasteiger partial charge in [0.1, 0.15) is 17.8 Å². The topological polar surface area (TPSA) is 226 Å². The molecule has 68 heavy (non-hydrogen) atoms. The number of nitrogens with one attached hydrogen (secondary N) is 2. The lowest BCUT2D eigenvalue weighted by molar-refractivity contribution is -0.146. The molecule has 0 saturated carbocycles. The first kappa shape index (κ1) is 51.6. The van der Waals surface area contributed by atoms with Crippen LogP contribution in [0.15, 0.2) is 95.3 Å². The van der Waals surface area contributed by atoms with Gasteiger partial charge in [0.2, 0.25) is 17.7 Å². The second-order valence-corrected chi connectivity index (χ2v) is 18.9. The number of methoxy groups -OCH3 is 1. The number of hydrogen-bond acceptors (Lipinski definition) is 12. The van der Waals surface area contributed by atoms with E-state index in [4.69, 9.17) is 22.1 Å². The summed E-state index contributed by atoms with van der Waals surface area (Å²) in [4.78, 5) is 100. The predicted octanol–water partition coefficient (Wildman–Crippen LogP) is 5.35. The van der Waals surface area contributed by atoms with E-state index in [2.05, 4.69) is 10.6 Å². The number of aliphatic hydroxyl groups is 2. The molecule has 2 heterocycles. The maximum atomic E-state index is 14.8. The number of carbonyl (C=O) groups excluding carboxylic acids is 7.